The Labute approximate surface area is 159 Å². The van der Waals surface area contributed by atoms with Crippen LogP contribution in [0.1, 0.15) is 35.9 Å². The third kappa shape index (κ3) is 4.45. The normalized spacial score (nSPS) is 10.9. The largest absolute Gasteiger partial charge is 0.466 e. The van der Waals surface area contributed by atoms with Crippen molar-refractivity contribution >= 4 is 34.0 Å². The SMILES string of the molecule is CCOC(=O)Cc1csc(NC(=O)CCc2c(C)nn3cnnc3c2C)n1. The van der Waals surface area contributed by atoms with Gasteiger partial charge < -0.3 is 10.1 Å². The lowest BCUT2D eigenvalue weighted by Gasteiger charge is -2.09. The van der Waals surface area contributed by atoms with Crippen LogP contribution in [0, 0.1) is 13.8 Å². The van der Waals surface area contributed by atoms with Gasteiger partial charge in [-0.25, -0.2) is 9.50 Å². The number of ether oxygens (including phenoxy) is 1. The van der Waals surface area contributed by atoms with E-state index in [1.807, 2.05) is 13.8 Å². The van der Waals surface area contributed by atoms with Gasteiger partial charge in [0.1, 0.15) is 6.33 Å². The topological polar surface area (TPSA) is 111 Å². The number of nitrogens with one attached hydrogen (secondary N) is 1. The van der Waals surface area contributed by atoms with Crippen LogP contribution in [0.15, 0.2) is 11.7 Å². The fraction of sp³-hybridized carbons (Fsp3) is 0.412. The van der Waals surface area contributed by atoms with Gasteiger partial charge in [-0.3, -0.25) is 9.59 Å². The van der Waals surface area contributed by atoms with Crippen molar-refractivity contribution in [2.24, 2.45) is 0 Å². The minimum atomic E-state index is -0.331. The molecule has 1 amide bonds. The summed E-state index contributed by atoms with van der Waals surface area (Å²) in [6.45, 7) is 5.95. The lowest BCUT2D eigenvalue weighted by Crippen LogP contribution is -2.14. The van der Waals surface area contributed by atoms with Gasteiger partial charge >= 0.3 is 5.97 Å². The van der Waals surface area contributed by atoms with Crippen molar-refractivity contribution < 1.29 is 14.3 Å². The summed E-state index contributed by atoms with van der Waals surface area (Å²) in [5.41, 5.74) is 4.09. The zero-order chi connectivity index (χ0) is 19.4. The van der Waals surface area contributed by atoms with Crippen molar-refractivity contribution in [3.05, 3.63) is 34.2 Å². The van der Waals surface area contributed by atoms with Crippen LogP contribution in [0.4, 0.5) is 5.13 Å². The van der Waals surface area contributed by atoms with Crippen LogP contribution in [0.2, 0.25) is 0 Å². The standard InChI is InChI=1S/C17H20N6O3S/c1-4-26-15(25)7-12-8-27-17(19-12)20-14(24)6-5-13-10(2)16-21-18-9-23(16)22-11(13)3/h8-9H,4-7H2,1-3H3,(H,19,20,24). The maximum absolute atomic E-state index is 12.3. The molecular weight excluding hydrogens is 368 g/mol. The number of aromatic nitrogens is 5. The van der Waals surface area contributed by atoms with E-state index in [1.165, 1.54) is 11.3 Å². The average Bonchev–Trinajstić information content (AvgIpc) is 3.24. The molecule has 27 heavy (non-hydrogen) atoms. The number of fused-ring (bicyclic) bond motifs is 1. The second kappa shape index (κ2) is 8.21. The zero-order valence-corrected chi connectivity index (χ0v) is 16.2. The lowest BCUT2D eigenvalue weighted by molar-refractivity contribution is -0.142. The van der Waals surface area contributed by atoms with Crippen molar-refractivity contribution in [1.29, 1.82) is 0 Å². The van der Waals surface area contributed by atoms with E-state index in [0.29, 0.717) is 35.9 Å². The number of aryl methyl sites for hydroxylation is 2. The molecule has 0 atom stereocenters. The fourth-order valence-corrected chi connectivity index (χ4v) is 3.50. The molecule has 3 rings (SSSR count). The molecule has 0 aliphatic carbocycles. The Balaban J connectivity index is 1.59. The Morgan fingerprint density at radius 3 is 2.93 bits per heavy atom. The molecular formula is C17H20N6O3S. The molecule has 0 aliphatic heterocycles. The van der Waals surface area contributed by atoms with Gasteiger partial charge in [-0.05, 0) is 32.8 Å². The fourth-order valence-electron chi connectivity index (χ4n) is 2.77. The highest BCUT2D eigenvalue weighted by Crippen LogP contribution is 2.19. The van der Waals surface area contributed by atoms with Gasteiger partial charge in [0.05, 0.1) is 24.4 Å². The van der Waals surface area contributed by atoms with Crippen LogP contribution in [0.5, 0.6) is 0 Å². The molecule has 0 aromatic carbocycles. The average molecular weight is 388 g/mol. The summed E-state index contributed by atoms with van der Waals surface area (Å²) in [6, 6.07) is 0. The van der Waals surface area contributed by atoms with Gasteiger partial charge in [0.15, 0.2) is 10.8 Å². The summed E-state index contributed by atoms with van der Waals surface area (Å²) in [6.07, 6.45) is 2.49. The Kier molecular flexibility index (Phi) is 5.75. The molecule has 3 aromatic rings. The maximum Gasteiger partial charge on any atom is 0.311 e. The molecule has 0 saturated carbocycles. The predicted octanol–water partition coefficient (Wildman–Crippen LogP) is 1.87. The number of carbonyl (C=O) groups is 2. The first-order chi connectivity index (χ1) is 13.0. The molecule has 142 valence electrons. The highest BCUT2D eigenvalue weighted by Gasteiger charge is 2.14. The van der Waals surface area contributed by atoms with Crippen LogP contribution in [0.3, 0.4) is 0 Å². The summed E-state index contributed by atoms with van der Waals surface area (Å²) in [7, 11) is 0. The van der Waals surface area contributed by atoms with Crippen LogP contribution < -0.4 is 5.32 Å². The second-order valence-corrected chi connectivity index (χ2v) is 6.82. The van der Waals surface area contributed by atoms with Crippen molar-refractivity contribution in [1.82, 2.24) is 24.8 Å². The Bertz CT molecular complexity index is 980. The van der Waals surface area contributed by atoms with Crippen molar-refractivity contribution in [2.75, 3.05) is 11.9 Å². The molecule has 0 unspecified atom stereocenters. The number of hydrogen-bond acceptors (Lipinski definition) is 8. The van der Waals surface area contributed by atoms with Crippen LogP contribution >= 0.6 is 11.3 Å². The first-order valence-electron chi connectivity index (χ1n) is 8.54. The monoisotopic (exact) mass is 388 g/mol. The molecule has 0 bridgehead atoms. The van der Waals surface area contributed by atoms with E-state index in [0.717, 1.165) is 16.8 Å². The minimum absolute atomic E-state index is 0.0998. The number of rotatable bonds is 7. The van der Waals surface area contributed by atoms with Gasteiger partial charge in [0.2, 0.25) is 5.91 Å². The third-order valence-corrected chi connectivity index (χ3v) is 4.85. The van der Waals surface area contributed by atoms with E-state index in [2.05, 4.69) is 25.6 Å². The number of hydrogen-bond donors (Lipinski definition) is 1. The molecule has 0 radical (unpaired) electrons. The smallest absolute Gasteiger partial charge is 0.311 e. The van der Waals surface area contributed by atoms with Gasteiger partial charge in [-0.1, -0.05) is 0 Å². The van der Waals surface area contributed by atoms with Gasteiger partial charge in [0, 0.05) is 17.4 Å². The summed E-state index contributed by atoms with van der Waals surface area (Å²) < 4.78 is 6.53. The Morgan fingerprint density at radius 2 is 2.15 bits per heavy atom. The van der Waals surface area contributed by atoms with Crippen molar-refractivity contribution in [3.8, 4) is 0 Å². The highest BCUT2D eigenvalue weighted by atomic mass is 32.1. The first kappa shape index (κ1) is 18.9. The molecule has 0 saturated heterocycles. The molecule has 1 N–H and O–H groups in total. The summed E-state index contributed by atoms with van der Waals surface area (Å²) in [5.74, 6) is -0.477. The van der Waals surface area contributed by atoms with Crippen molar-refractivity contribution in [3.63, 3.8) is 0 Å². The molecule has 0 aliphatic rings. The molecule has 0 fully saturated rings. The van der Waals surface area contributed by atoms with E-state index in [1.54, 1.807) is 23.1 Å². The molecule has 0 spiro atoms. The minimum Gasteiger partial charge on any atom is -0.466 e. The highest BCUT2D eigenvalue weighted by molar-refractivity contribution is 7.13. The molecule has 3 aromatic heterocycles. The Hall–Kier alpha value is -2.88. The number of esters is 1. The quantitative estimate of drug-likeness (QED) is 0.615. The van der Waals surface area contributed by atoms with Crippen molar-refractivity contribution in [2.45, 2.75) is 40.0 Å². The van der Waals surface area contributed by atoms with Crippen LogP contribution in [0.25, 0.3) is 5.65 Å². The number of nitrogens with zero attached hydrogens (tertiary/aromatic N) is 5. The van der Waals surface area contributed by atoms with E-state index in [-0.39, 0.29) is 18.3 Å². The lowest BCUT2D eigenvalue weighted by atomic mass is 10.0. The first-order valence-corrected chi connectivity index (χ1v) is 9.41. The van der Waals surface area contributed by atoms with E-state index in [4.69, 9.17) is 4.74 Å². The van der Waals surface area contributed by atoms with Gasteiger partial charge in [-0.15, -0.1) is 21.5 Å². The van der Waals surface area contributed by atoms with Crippen LogP contribution in [-0.4, -0.2) is 43.3 Å². The number of amides is 1. The van der Waals surface area contributed by atoms with E-state index in [9.17, 15) is 9.59 Å². The van der Waals surface area contributed by atoms with Gasteiger partial charge in [-0.2, -0.15) is 5.10 Å². The maximum atomic E-state index is 12.3. The number of thiazole rings is 1. The van der Waals surface area contributed by atoms with Crippen LogP contribution in [-0.2, 0) is 27.2 Å². The van der Waals surface area contributed by atoms with E-state index >= 15 is 0 Å². The number of carbonyl (C=O) groups excluding carboxylic acids is 2. The summed E-state index contributed by atoms with van der Waals surface area (Å²) in [4.78, 5) is 28.0. The number of anilines is 1. The molecule has 3 heterocycles. The third-order valence-electron chi connectivity index (χ3n) is 4.04. The second-order valence-electron chi connectivity index (χ2n) is 5.96. The van der Waals surface area contributed by atoms with Gasteiger partial charge in [0.25, 0.3) is 0 Å². The zero-order valence-electron chi connectivity index (χ0n) is 15.4. The summed E-state index contributed by atoms with van der Waals surface area (Å²) >= 11 is 1.28. The molecule has 9 nitrogen and oxygen atoms in total. The summed E-state index contributed by atoms with van der Waals surface area (Å²) in [5, 5.41) is 17.3. The Morgan fingerprint density at radius 1 is 1.33 bits per heavy atom. The predicted molar refractivity (Wildman–Crippen MR) is 99.7 cm³/mol. The van der Waals surface area contributed by atoms with E-state index < -0.39 is 0 Å². The molecule has 10 heteroatoms.